The van der Waals surface area contributed by atoms with Crippen molar-refractivity contribution >= 4 is 0 Å². The van der Waals surface area contributed by atoms with Crippen molar-refractivity contribution in [3.63, 3.8) is 0 Å². The summed E-state index contributed by atoms with van der Waals surface area (Å²) in [6.07, 6.45) is 7.82. The van der Waals surface area contributed by atoms with Crippen LogP contribution in [0, 0.1) is 17.3 Å². The molecule has 16 heavy (non-hydrogen) atoms. The fraction of sp³-hybridized carbons (Fsp3) is 1.00. The third kappa shape index (κ3) is 2.60. The van der Waals surface area contributed by atoms with Crippen molar-refractivity contribution in [2.75, 3.05) is 13.2 Å². The van der Waals surface area contributed by atoms with Crippen LogP contribution in [-0.4, -0.2) is 19.3 Å². The molecule has 2 rings (SSSR count). The van der Waals surface area contributed by atoms with E-state index in [1.807, 2.05) is 0 Å². The Kier molecular flexibility index (Phi) is 3.91. The van der Waals surface area contributed by atoms with E-state index in [4.69, 9.17) is 10.5 Å². The highest BCUT2D eigenvalue weighted by Crippen LogP contribution is 2.44. The van der Waals surface area contributed by atoms with Crippen LogP contribution < -0.4 is 5.73 Å². The predicted molar refractivity (Wildman–Crippen MR) is 67.3 cm³/mol. The second-order valence-corrected chi connectivity index (χ2v) is 6.37. The summed E-state index contributed by atoms with van der Waals surface area (Å²) in [4.78, 5) is 0. The molecule has 2 atom stereocenters. The van der Waals surface area contributed by atoms with Gasteiger partial charge in [-0.2, -0.15) is 0 Å². The maximum Gasteiger partial charge on any atom is 0.0469 e. The fourth-order valence-electron chi connectivity index (χ4n) is 3.66. The van der Waals surface area contributed by atoms with Crippen molar-refractivity contribution in [2.45, 2.75) is 58.4 Å². The van der Waals surface area contributed by atoms with Crippen LogP contribution in [0.3, 0.4) is 0 Å². The molecule has 0 aromatic rings. The molecule has 94 valence electrons. The molecular formula is C14H27NO. The molecule has 1 aliphatic carbocycles. The second kappa shape index (κ2) is 5.05. The lowest BCUT2D eigenvalue weighted by atomic mass is 9.63. The van der Waals surface area contributed by atoms with E-state index in [1.165, 1.54) is 38.5 Å². The Morgan fingerprint density at radius 3 is 2.44 bits per heavy atom. The molecule has 0 spiro atoms. The molecule has 2 nitrogen and oxygen atoms in total. The molecule has 1 saturated carbocycles. The second-order valence-electron chi connectivity index (χ2n) is 6.37. The molecule has 2 unspecified atom stereocenters. The summed E-state index contributed by atoms with van der Waals surface area (Å²) < 4.78 is 5.43. The quantitative estimate of drug-likeness (QED) is 0.784. The lowest BCUT2D eigenvalue weighted by Gasteiger charge is -2.45. The van der Waals surface area contributed by atoms with Gasteiger partial charge in [0.05, 0.1) is 0 Å². The zero-order valence-electron chi connectivity index (χ0n) is 10.9. The van der Waals surface area contributed by atoms with Gasteiger partial charge in [0.1, 0.15) is 0 Å². The van der Waals surface area contributed by atoms with Gasteiger partial charge in [-0.1, -0.05) is 26.7 Å². The van der Waals surface area contributed by atoms with E-state index in [-0.39, 0.29) is 0 Å². The van der Waals surface area contributed by atoms with Crippen molar-refractivity contribution in [2.24, 2.45) is 23.0 Å². The van der Waals surface area contributed by atoms with Crippen LogP contribution in [0.5, 0.6) is 0 Å². The minimum Gasteiger partial charge on any atom is -0.381 e. The molecule has 2 fully saturated rings. The maximum atomic E-state index is 6.54. The first-order chi connectivity index (χ1) is 7.61. The van der Waals surface area contributed by atoms with Gasteiger partial charge in [-0.15, -0.1) is 0 Å². The average molecular weight is 225 g/mol. The van der Waals surface area contributed by atoms with Gasteiger partial charge < -0.3 is 10.5 Å². The summed E-state index contributed by atoms with van der Waals surface area (Å²) in [5, 5.41) is 0. The van der Waals surface area contributed by atoms with Gasteiger partial charge in [0.25, 0.3) is 0 Å². The van der Waals surface area contributed by atoms with Gasteiger partial charge in [0.2, 0.25) is 0 Å². The summed E-state index contributed by atoms with van der Waals surface area (Å²) >= 11 is 0. The highest BCUT2D eigenvalue weighted by molar-refractivity contribution is 4.92. The lowest BCUT2D eigenvalue weighted by Crippen LogP contribution is -2.47. The minimum absolute atomic E-state index is 0.402. The Labute approximate surface area is 99.9 Å². The molecule has 0 bridgehead atoms. The SMILES string of the molecule is CC1(C)CCCCC1C(N)C1CCOCC1. The standard InChI is InChI=1S/C14H27NO/c1-14(2)8-4-3-5-12(14)13(15)11-6-9-16-10-7-11/h11-13H,3-10,15H2,1-2H3. The smallest absolute Gasteiger partial charge is 0.0469 e. The Balaban J connectivity index is 1.98. The molecule has 1 aliphatic heterocycles. The number of hydrogen-bond donors (Lipinski definition) is 1. The average Bonchev–Trinajstić information content (AvgIpc) is 2.29. The van der Waals surface area contributed by atoms with Gasteiger partial charge in [0.15, 0.2) is 0 Å². The summed E-state index contributed by atoms with van der Waals surface area (Å²) in [5.74, 6) is 1.43. The minimum atomic E-state index is 0.402. The monoisotopic (exact) mass is 225 g/mol. The molecule has 0 aromatic carbocycles. The van der Waals surface area contributed by atoms with E-state index in [2.05, 4.69) is 13.8 Å². The number of ether oxygens (including phenoxy) is 1. The Morgan fingerprint density at radius 2 is 1.81 bits per heavy atom. The van der Waals surface area contributed by atoms with Gasteiger partial charge in [-0.05, 0) is 42.9 Å². The number of hydrogen-bond acceptors (Lipinski definition) is 2. The molecule has 0 amide bonds. The zero-order chi connectivity index (χ0) is 11.6. The molecule has 2 heteroatoms. The summed E-state index contributed by atoms with van der Waals surface area (Å²) in [6.45, 7) is 6.67. The molecule has 2 N–H and O–H groups in total. The summed E-state index contributed by atoms with van der Waals surface area (Å²) in [6, 6.07) is 0.402. The highest BCUT2D eigenvalue weighted by Gasteiger charge is 2.39. The third-order valence-electron chi connectivity index (χ3n) is 4.86. The van der Waals surface area contributed by atoms with Crippen LogP contribution in [-0.2, 0) is 4.74 Å². The van der Waals surface area contributed by atoms with Crippen LogP contribution in [0.2, 0.25) is 0 Å². The van der Waals surface area contributed by atoms with Crippen LogP contribution in [0.4, 0.5) is 0 Å². The summed E-state index contributed by atoms with van der Waals surface area (Å²) in [7, 11) is 0. The van der Waals surface area contributed by atoms with Crippen molar-refractivity contribution in [1.29, 1.82) is 0 Å². The Morgan fingerprint density at radius 1 is 1.12 bits per heavy atom. The zero-order valence-corrected chi connectivity index (χ0v) is 10.9. The van der Waals surface area contributed by atoms with Gasteiger partial charge in [-0.3, -0.25) is 0 Å². The number of nitrogens with two attached hydrogens (primary N) is 1. The third-order valence-corrected chi connectivity index (χ3v) is 4.86. The molecular weight excluding hydrogens is 198 g/mol. The van der Waals surface area contributed by atoms with Crippen LogP contribution in [0.15, 0.2) is 0 Å². The predicted octanol–water partition coefficient (Wildman–Crippen LogP) is 2.96. The van der Waals surface area contributed by atoms with Gasteiger partial charge in [-0.25, -0.2) is 0 Å². The van der Waals surface area contributed by atoms with Crippen LogP contribution in [0.25, 0.3) is 0 Å². The van der Waals surface area contributed by atoms with Crippen LogP contribution >= 0.6 is 0 Å². The van der Waals surface area contributed by atoms with Crippen LogP contribution in [0.1, 0.15) is 52.4 Å². The first kappa shape index (κ1) is 12.4. The van der Waals surface area contributed by atoms with Crippen molar-refractivity contribution in [1.82, 2.24) is 0 Å². The van der Waals surface area contributed by atoms with E-state index in [0.717, 1.165) is 19.1 Å². The molecule has 1 saturated heterocycles. The molecule has 0 radical (unpaired) electrons. The normalized spacial score (nSPS) is 33.6. The molecule has 2 aliphatic rings. The summed E-state index contributed by atoms with van der Waals surface area (Å²) in [5.41, 5.74) is 7.00. The van der Waals surface area contributed by atoms with E-state index >= 15 is 0 Å². The van der Waals surface area contributed by atoms with E-state index in [9.17, 15) is 0 Å². The largest absolute Gasteiger partial charge is 0.381 e. The Hall–Kier alpha value is -0.0800. The fourth-order valence-corrected chi connectivity index (χ4v) is 3.66. The van der Waals surface area contributed by atoms with E-state index < -0.39 is 0 Å². The number of rotatable bonds is 2. The topological polar surface area (TPSA) is 35.2 Å². The van der Waals surface area contributed by atoms with Crippen molar-refractivity contribution in [3.8, 4) is 0 Å². The molecule has 1 heterocycles. The van der Waals surface area contributed by atoms with Crippen molar-refractivity contribution < 1.29 is 4.74 Å². The first-order valence-electron chi connectivity index (χ1n) is 6.94. The lowest BCUT2D eigenvalue weighted by molar-refractivity contribution is 0.0245. The van der Waals surface area contributed by atoms with E-state index in [0.29, 0.717) is 17.4 Å². The maximum absolute atomic E-state index is 6.54. The Bertz CT molecular complexity index is 221. The first-order valence-corrected chi connectivity index (χ1v) is 6.94. The van der Waals surface area contributed by atoms with Gasteiger partial charge in [0, 0.05) is 19.3 Å². The highest BCUT2D eigenvalue weighted by atomic mass is 16.5. The van der Waals surface area contributed by atoms with E-state index in [1.54, 1.807) is 0 Å². The van der Waals surface area contributed by atoms with Crippen molar-refractivity contribution in [3.05, 3.63) is 0 Å². The van der Waals surface area contributed by atoms with Gasteiger partial charge >= 0.3 is 0 Å². The molecule has 0 aromatic heterocycles.